The third kappa shape index (κ3) is 13.9. The zero-order chi connectivity index (χ0) is 22.6. The quantitative estimate of drug-likeness (QED) is 0.184. The fraction of sp³-hybridized carbons (Fsp3) is 0.667. The molecule has 4 nitrogen and oxygen atoms in total. The molecule has 0 saturated heterocycles. The summed E-state index contributed by atoms with van der Waals surface area (Å²) in [6.45, 7) is 3.02. The van der Waals surface area contributed by atoms with Gasteiger partial charge in [0, 0.05) is 12.6 Å². The second-order valence-corrected chi connectivity index (χ2v) is 8.33. The van der Waals surface area contributed by atoms with E-state index in [0.29, 0.717) is 11.5 Å². The van der Waals surface area contributed by atoms with Crippen molar-refractivity contribution in [3.8, 4) is 11.5 Å². The van der Waals surface area contributed by atoms with Crippen molar-refractivity contribution < 1.29 is 14.3 Å². The average Bonchev–Trinajstić information content (AvgIpc) is 2.79. The number of unbranched alkanes of at least 4 members (excludes halogenated alkanes) is 13. The standard InChI is InChI=1S/C27H45NO3/c1-4-5-6-7-8-9-10-11-12-13-14-15-16-17-22-28-27(29)21-19-24-18-20-25(30-2)26(23-24)31-3/h18-21,23H,4-17,22H2,1-3H3,(H,28,29)/b21-19+. The van der Waals surface area contributed by atoms with Gasteiger partial charge in [-0.3, -0.25) is 4.79 Å². The summed E-state index contributed by atoms with van der Waals surface area (Å²) in [6, 6.07) is 5.60. The van der Waals surface area contributed by atoms with Gasteiger partial charge in [0.1, 0.15) is 0 Å². The van der Waals surface area contributed by atoms with Crippen molar-refractivity contribution in [2.75, 3.05) is 20.8 Å². The molecule has 0 atom stereocenters. The molecular weight excluding hydrogens is 386 g/mol. The Morgan fingerprint density at radius 1 is 0.774 bits per heavy atom. The Hall–Kier alpha value is -1.97. The van der Waals surface area contributed by atoms with Gasteiger partial charge < -0.3 is 14.8 Å². The van der Waals surface area contributed by atoms with Crippen molar-refractivity contribution in [1.82, 2.24) is 5.32 Å². The van der Waals surface area contributed by atoms with Gasteiger partial charge in [-0.15, -0.1) is 0 Å². The monoisotopic (exact) mass is 431 g/mol. The summed E-state index contributed by atoms with van der Waals surface area (Å²) < 4.78 is 10.5. The SMILES string of the molecule is CCCCCCCCCCCCCCCCNC(=O)/C=C/c1ccc(OC)c(OC)c1. The number of nitrogens with one attached hydrogen (secondary N) is 1. The minimum atomic E-state index is -0.0514. The van der Waals surface area contributed by atoms with Crippen LogP contribution in [0.2, 0.25) is 0 Å². The van der Waals surface area contributed by atoms with Crippen molar-refractivity contribution in [2.45, 2.75) is 96.8 Å². The fourth-order valence-corrected chi connectivity index (χ4v) is 3.72. The Morgan fingerprint density at radius 2 is 1.29 bits per heavy atom. The molecule has 4 heteroatoms. The topological polar surface area (TPSA) is 47.6 Å². The van der Waals surface area contributed by atoms with E-state index in [0.717, 1.165) is 18.5 Å². The Kier molecular flexibility index (Phi) is 16.4. The first-order chi connectivity index (χ1) is 15.2. The Labute approximate surface area is 190 Å². The van der Waals surface area contributed by atoms with E-state index >= 15 is 0 Å². The Balaban J connectivity index is 1.97. The molecule has 0 radical (unpaired) electrons. The molecule has 1 rings (SSSR count). The summed E-state index contributed by atoms with van der Waals surface area (Å²) in [5, 5.41) is 2.97. The molecule has 0 heterocycles. The van der Waals surface area contributed by atoms with Gasteiger partial charge in [-0.25, -0.2) is 0 Å². The number of hydrogen-bond acceptors (Lipinski definition) is 3. The number of amides is 1. The van der Waals surface area contributed by atoms with E-state index in [4.69, 9.17) is 9.47 Å². The maximum atomic E-state index is 12.0. The highest BCUT2D eigenvalue weighted by Crippen LogP contribution is 2.27. The summed E-state index contributed by atoms with van der Waals surface area (Å²) in [4.78, 5) is 12.0. The van der Waals surface area contributed by atoms with Crippen LogP contribution in [-0.2, 0) is 4.79 Å². The van der Waals surface area contributed by atoms with Crippen LogP contribution < -0.4 is 14.8 Å². The molecule has 1 aromatic rings. The predicted octanol–water partition coefficient (Wildman–Crippen LogP) is 7.31. The maximum Gasteiger partial charge on any atom is 0.243 e. The minimum absolute atomic E-state index is 0.0514. The number of methoxy groups -OCH3 is 2. The molecule has 1 amide bonds. The molecule has 0 bridgehead atoms. The zero-order valence-electron chi connectivity index (χ0n) is 20.2. The summed E-state index contributed by atoms with van der Waals surface area (Å²) in [6.07, 6.45) is 22.2. The Morgan fingerprint density at radius 3 is 1.81 bits per heavy atom. The number of carbonyl (C=O) groups is 1. The first-order valence-corrected chi connectivity index (χ1v) is 12.4. The number of benzene rings is 1. The fourth-order valence-electron chi connectivity index (χ4n) is 3.72. The molecule has 0 aliphatic carbocycles. The van der Waals surface area contributed by atoms with Crippen LogP contribution in [0.1, 0.15) is 102 Å². The van der Waals surface area contributed by atoms with Crippen molar-refractivity contribution >= 4 is 12.0 Å². The van der Waals surface area contributed by atoms with Crippen LogP contribution in [-0.4, -0.2) is 26.7 Å². The van der Waals surface area contributed by atoms with Crippen LogP contribution in [0.25, 0.3) is 6.08 Å². The van der Waals surface area contributed by atoms with E-state index in [-0.39, 0.29) is 5.91 Å². The minimum Gasteiger partial charge on any atom is -0.493 e. The third-order valence-electron chi connectivity index (χ3n) is 5.66. The lowest BCUT2D eigenvalue weighted by molar-refractivity contribution is -0.116. The molecule has 0 spiro atoms. The first kappa shape index (κ1) is 27.1. The lowest BCUT2D eigenvalue weighted by Gasteiger charge is -2.07. The summed E-state index contributed by atoms with van der Waals surface area (Å²) in [5.41, 5.74) is 0.907. The van der Waals surface area contributed by atoms with Crippen LogP contribution in [0.5, 0.6) is 11.5 Å². The first-order valence-electron chi connectivity index (χ1n) is 12.4. The van der Waals surface area contributed by atoms with Gasteiger partial charge in [-0.2, -0.15) is 0 Å². The largest absolute Gasteiger partial charge is 0.493 e. The van der Waals surface area contributed by atoms with Gasteiger partial charge in [0.05, 0.1) is 14.2 Å². The van der Waals surface area contributed by atoms with Crippen molar-refractivity contribution in [3.63, 3.8) is 0 Å². The van der Waals surface area contributed by atoms with E-state index in [2.05, 4.69) is 12.2 Å². The van der Waals surface area contributed by atoms with Crippen LogP contribution in [0.3, 0.4) is 0 Å². The number of hydrogen-bond donors (Lipinski definition) is 1. The molecule has 0 saturated carbocycles. The highest BCUT2D eigenvalue weighted by molar-refractivity contribution is 5.91. The second-order valence-electron chi connectivity index (χ2n) is 8.33. The van der Waals surface area contributed by atoms with E-state index in [1.807, 2.05) is 18.2 Å². The average molecular weight is 432 g/mol. The second kappa shape index (κ2) is 18.8. The van der Waals surface area contributed by atoms with E-state index in [1.165, 1.54) is 83.5 Å². The van der Waals surface area contributed by atoms with Gasteiger partial charge in [0.15, 0.2) is 11.5 Å². The normalized spacial score (nSPS) is 11.1. The lowest BCUT2D eigenvalue weighted by atomic mass is 10.0. The molecule has 0 fully saturated rings. The molecule has 31 heavy (non-hydrogen) atoms. The number of ether oxygens (including phenoxy) is 2. The predicted molar refractivity (Wildman–Crippen MR) is 132 cm³/mol. The molecule has 176 valence electrons. The summed E-state index contributed by atoms with van der Waals surface area (Å²) in [7, 11) is 3.21. The molecule has 0 aromatic heterocycles. The van der Waals surface area contributed by atoms with E-state index in [1.54, 1.807) is 26.4 Å². The zero-order valence-corrected chi connectivity index (χ0v) is 20.2. The lowest BCUT2D eigenvalue weighted by Crippen LogP contribution is -2.21. The molecule has 1 N–H and O–H groups in total. The molecule has 0 aliphatic heterocycles. The van der Waals surface area contributed by atoms with Crippen LogP contribution in [0.15, 0.2) is 24.3 Å². The number of rotatable bonds is 19. The molecular formula is C27H45NO3. The van der Waals surface area contributed by atoms with Gasteiger partial charge in [-0.05, 0) is 30.2 Å². The van der Waals surface area contributed by atoms with Gasteiger partial charge in [0.2, 0.25) is 5.91 Å². The van der Waals surface area contributed by atoms with Gasteiger partial charge >= 0.3 is 0 Å². The van der Waals surface area contributed by atoms with Crippen molar-refractivity contribution in [3.05, 3.63) is 29.8 Å². The Bertz CT molecular complexity index is 612. The van der Waals surface area contributed by atoms with Crippen LogP contribution >= 0.6 is 0 Å². The molecule has 1 aromatic carbocycles. The van der Waals surface area contributed by atoms with Crippen molar-refractivity contribution in [2.24, 2.45) is 0 Å². The molecule has 0 aliphatic rings. The van der Waals surface area contributed by atoms with Gasteiger partial charge in [0.25, 0.3) is 0 Å². The molecule has 0 unspecified atom stereocenters. The number of carbonyl (C=O) groups excluding carboxylic acids is 1. The van der Waals surface area contributed by atoms with Crippen LogP contribution in [0.4, 0.5) is 0 Å². The van der Waals surface area contributed by atoms with E-state index < -0.39 is 0 Å². The van der Waals surface area contributed by atoms with Crippen LogP contribution in [0, 0.1) is 0 Å². The van der Waals surface area contributed by atoms with Gasteiger partial charge in [-0.1, -0.05) is 96.5 Å². The highest BCUT2D eigenvalue weighted by atomic mass is 16.5. The smallest absolute Gasteiger partial charge is 0.243 e. The van der Waals surface area contributed by atoms with Crippen molar-refractivity contribution in [1.29, 1.82) is 0 Å². The maximum absolute atomic E-state index is 12.0. The van der Waals surface area contributed by atoms with E-state index in [9.17, 15) is 4.79 Å². The third-order valence-corrected chi connectivity index (χ3v) is 5.66. The summed E-state index contributed by atoms with van der Waals surface area (Å²) in [5.74, 6) is 1.29. The summed E-state index contributed by atoms with van der Waals surface area (Å²) >= 11 is 0. The highest BCUT2D eigenvalue weighted by Gasteiger charge is 2.03.